The van der Waals surface area contributed by atoms with Gasteiger partial charge in [0.15, 0.2) is 17.1 Å². The Bertz CT molecular complexity index is 1520. The molecule has 0 radical (unpaired) electrons. The van der Waals surface area contributed by atoms with E-state index in [0.29, 0.717) is 6.42 Å². The number of phenols is 1. The summed E-state index contributed by atoms with van der Waals surface area (Å²) in [6, 6.07) is -1.78. The van der Waals surface area contributed by atoms with E-state index in [1.807, 2.05) is 13.8 Å². The van der Waals surface area contributed by atoms with E-state index in [0.717, 1.165) is 0 Å². The highest BCUT2D eigenvalue weighted by Crippen LogP contribution is 2.53. The van der Waals surface area contributed by atoms with Gasteiger partial charge in [0.05, 0.1) is 23.3 Å². The third-order valence-corrected chi connectivity index (χ3v) is 9.50. The molecule has 3 aliphatic carbocycles. The Balaban J connectivity index is 1.69. The summed E-state index contributed by atoms with van der Waals surface area (Å²) in [6.07, 6.45) is 0.319. The maximum absolute atomic E-state index is 16.3. The minimum atomic E-state index is -2.80. The van der Waals surface area contributed by atoms with E-state index in [2.05, 4.69) is 5.32 Å². The zero-order valence-corrected chi connectivity index (χ0v) is 24.0. The number of nitrogens with one attached hydrogen (secondary N) is 1. The molecule has 0 aromatic heterocycles. The van der Waals surface area contributed by atoms with Crippen molar-refractivity contribution in [2.45, 2.75) is 57.3 Å². The van der Waals surface area contributed by atoms with E-state index < -0.39 is 92.7 Å². The van der Waals surface area contributed by atoms with E-state index >= 15 is 4.39 Å². The standard InChI is InChI=1S/C29H35FN4O8/c1-6-10(2)20-28(41)32-19-13(9-34(20)5)18(30)12-7-11-8-14-21(33(3)4)24(37)17(27(31)40)26(39)29(14,42)25(38)15(11)22(35)16(12)23(19)36/h10-11,14,20-21,36-38,42H,6-9H2,1-5H3,(H2,31,40)(H,32,41)/t10?,11-,14?,20+,21-,29-/m0/s1. The predicted molar refractivity (Wildman–Crippen MR) is 147 cm³/mol. The number of nitrogens with two attached hydrogens (primary N) is 1. The van der Waals surface area contributed by atoms with E-state index in [1.165, 1.54) is 19.0 Å². The zero-order chi connectivity index (χ0) is 31.2. The number of nitrogens with zero attached hydrogens (tertiary/aromatic N) is 2. The Labute approximate surface area is 241 Å². The Morgan fingerprint density at radius 1 is 1.21 bits per heavy atom. The van der Waals surface area contributed by atoms with Crippen molar-refractivity contribution in [3.05, 3.63) is 45.2 Å². The molecule has 1 aromatic carbocycles. The molecule has 1 aromatic rings. The summed E-state index contributed by atoms with van der Waals surface area (Å²) >= 11 is 0. The molecule has 0 bridgehead atoms. The normalized spacial score (nSPS) is 30.3. The van der Waals surface area contributed by atoms with Crippen LogP contribution in [-0.2, 0) is 27.3 Å². The van der Waals surface area contributed by atoms with Crippen LogP contribution in [0.25, 0.3) is 0 Å². The number of rotatable bonds is 4. The van der Waals surface area contributed by atoms with E-state index in [9.17, 15) is 39.6 Å². The number of aromatic hydroxyl groups is 1. The Kier molecular flexibility index (Phi) is 6.99. The number of carbonyl (C=O) groups is 4. The van der Waals surface area contributed by atoms with Crippen LogP contribution in [0.1, 0.15) is 48.2 Å². The number of primary amides is 1. The van der Waals surface area contributed by atoms with Gasteiger partial charge in [-0.1, -0.05) is 20.3 Å². The number of likely N-dealkylation sites (N-methyl/N-ethyl adjacent to an activating group) is 2. The Hall–Kier alpha value is -3.81. The maximum atomic E-state index is 16.3. The van der Waals surface area contributed by atoms with Gasteiger partial charge < -0.3 is 31.5 Å². The lowest BCUT2D eigenvalue weighted by atomic mass is 9.58. The van der Waals surface area contributed by atoms with E-state index in [-0.39, 0.29) is 42.1 Å². The number of allylic oxidation sites excluding steroid dienone is 1. The lowest BCUT2D eigenvalue weighted by molar-refractivity contribution is -0.148. The number of phenolic OH excluding ortho intramolecular Hbond substituents is 1. The van der Waals surface area contributed by atoms with Gasteiger partial charge in [-0.05, 0) is 45.8 Å². The van der Waals surface area contributed by atoms with Gasteiger partial charge in [0.25, 0.3) is 5.91 Å². The summed E-state index contributed by atoms with van der Waals surface area (Å²) in [7, 11) is 4.73. The second-order valence-electron chi connectivity index (χ2n) is 12.1. The van der Waals surface area contributed by atoms with Crippen LogP contribution in [0.2, 0.25) is 0 Å². The van der Waals surface area contributed by atoms with Gasteiger partial charge in [-0.25, -0.2) is 4.39 Å². The number of carbonyl (C=O) groups excluding carboxylic acids is 4. The Morgan fingerprint density at radius 2 is 1.86 bits per heavy atom. The van der Waals surface area contributed by atoms with Crippen molar-refractivity contribution in [3.8, 4) is 5.75 Å². The van der Waals surface area contributed by atoms with Crippen LogP contribution in [0.5, 0.6) is 5.75 Å². The molecule has 0 saturated heterocycles. The van der Waals surface area contributed by atoms with Crippen molar-refractivity contribution in [2.75, 3.05) is 26.5 Å². The van der Waals surface area contributed by atoms with Crippen LogP contribution < -0.4 is 11.1 Å². The summed E-state index contributed by atoms with van der Waals surface area (Å²) < 4.78 is 16.3. The topological polar surface area (TPSA) is 194 Å². The van der Waals surface area contributed by atoms with Crippen molar-refractivity contribution >= 4 is 29.1 Å². The molecule has 226 valence electrons. The average Bonchev–Trinajstić information content (AvgIpc) is 3.03. The monoisotopic (exact) mass is 586 g/mol. The van der Waals surface area contributed by atoms with Gasteiger partial charge in [0, 0.05) is 29.2 Å². The van der Waals surface area contributed by atoms with Crippen LogP contribution in [-0.4, -0.2) is 92.4 Å². The highest BCUT2D eigenvalue weighted by molar-refractivity contribution is 6.25. The first-order chi connectivity index (χ1) is 19.6. The fourth-order valence-corrected chi connectivity index (χ4v) is 7.34. The lowest BCUT2D eigenvalue weighted by Gasteiger charge is -2.50. The highest BCUT2D eigenvalue weighted by Gasteiger charge is 2.63. The zero-order valence-electron chi connectivity index (χ0n) is 24.0. The molecule has 0 saturated carbocycles. The molecule has 1 aliphatic heterocycles. The minimum absolute atomic E-state index is 0.00959. The third kappa shape index (κ3) is 3.83. The molecule has 7 N–H and O–H groups in total. The van der Waals surface area contributed by atoms with Crippen LogP contribution in [0.3, 0.4) is 0 Å². The van der Waals surface area contributed by atoms with Gasteiger partial charge in [0.2, 0.25) is 11.7 Å². The number of Topliss-reactive ketones (excluding diaryl/α,β-unsaturated/α-hetero) is 2. The second-order valence-corrected chi connectivity index (χ2v) is 12.1. The van der Waals surface area contributed by atoms with Crippen molar-refractivity contribution in [1.29, 1.82) is 0 Å². The lowest BCUT2D eigenvalue weighted by Crippen LogP contribution is -2.63. The molecule has 5 rings (SSSR count). The summed E-state index contributed by atoms with van der Waals surface area (Å²) in [5.74, 6) is -9.61. The molecule has 42 heavy (non-hydrogen) atoms. The predicted octanol–water partition coefficient (Wildman–Crippen LogP) is 1.06. The molecular formula is C29H35FN4O8. The molecular weight excluding hydrogens is 551 g/mol. The van der Waals surface area contributed by atoms with Gasteiger partial charge in [-0.2, -0.15) is 0 Å². The second kappa shape index (κ2) is 9.89. The SMILES string of the molecule is CCC(C)[C@@H]1C(=O)Nc2c(O)c3c(c(F)c2CN1C)C[C@H]1CC2[C@H](N(C)C)C(O)=C(C(N)=O)C(=O)[C@@]2(O)C(O)=C1C3=O. The summed E-state index contributed by atoms with van der Waals surface area (Å²) in [5.41, 5.74) is 0.384. The van der Waals surface area contributed by atoms with Gasteiger partial charge in [0.1, 0.15) is 22.9 Å². The first-order valence-corrected chi connectivity index (χ1v) is 13.8. The number of amides is 2. The fraction of sp³-hybridized carbons (Fsp3) is 0.517. The third-order valence-electron chi connectivity index (χ3n) is 9.50. The quantitative estimate of drug-likeness (QED) is 0.219. The molecule has 2 unspecified atom stereocenters. The number of ketones is 2. The molecule has 2 amide bonds. The summed E-state index contributed by atoms with van der Waals surface area (Å²) in [4.78, 5) is 55.8. The van der Waals surface area contributed by atoms with E-state index in [4.69, 9.17) is 5.73 Å². The van der Waals surface area contributed by atoms with Crippen LogP contribution in [0.4, 0.5) is 10.1 Å². The van der Waals surface area contributed by atoms with Crippen molar-refractivity contribution in [3.63, 3.8) is 0 Å². The highest BCUT2D eigenvalue weighted by atomic mass is 19.1. The molecule has 4 aliphatic rings. The maximum Gasteiger partial charge on any atom is 0.255 e. The number of aliphatic hydroxyl groups excluding tert-OH is 2. The molecule has 13 heteroatoms. The van der Waals surface area contributed by atoms with Crippen LogP contribution in [0, 0.1) is 23.6 Å². The number of anilines is 1. The minimum Gasteiger partial charge on any atom is -0.510 e. The summed E-state index contributed by atoms with van der Waals surface area (Å²) in [6.45, 7) is 3.76. The number of benzene rings is 1. The molecule has 0 fully saturated rings. The Morgan fingerprint density at radius 3 is 2.43 bits per heavy atom. The number of hydrogen-bond acceptors (Lipinski definition) is 10. The molecule has 0 spiro atoms. The first kappa shape index (κ1) is 29.7. The molecule has 1 heterocycles. The number of aliphatic hydroxyl groups is 3. The number of halogens is 1. The van der Waals surface area contributed by atoms with E-state index in [1.54, 1.807) is 11.9 Å². The number of fused-ring (bicyclic) bond motifs is 4. The summed E-state index contributed by atoms with van der Waals surface area (Å²) in [5, 5.41) is 47.9. The first-order valence-electron chi connectivity index (χ1n) is 13.8. The molecule has 6 atom stereocenters. The van der Waals surface area contributed by atoms with Gasteiger partial charge >= 0.3 is 0 Å². The van der Waals surface area contributed by atoms with Gasteiger partial charge in [-0.15, -0.1) is 0 Å². The van der Waals surface area contributed by atoms with Crippen molar-refractivity contribution in [2.24, 2.45) is 23.5 Å². The van der Waals surface area contributed by atoms with Crippen LogP contribution in [0.15, 0.2) is 22.7 Å². The van der Waals surface area contributed by atoms with Crippen LogP contribution >= 0.6 is 0 Å². The van der Waals surface area contributed by atoms with Crippen molar-refractivity contribution in [1.82, 2.24) is 9.80 Å². The van der Waals surface area contributed by atoms with Gasteiger partial charge in [-0.3, -0.25) is 29.0 Å². The molecule has 12 nitrogen and oxygen atoms in total. The fourth-order valence-electron chi connectivity index (χ4n) is 7.34. The number of hydrogen-bond donors (Lipinski definition) is 6. The smallest absolute Gasteiger partial charge is 0.255 e. The van der Waals surface area contributed by atoms with Crippen molar-refractivity contribution < 1.29 is 44.0 Å². The average molecular weight is 587 g/mol. The largest absolute Gasteiger partial charge is 0.510 e.